The van der Waals surface area contributed by atoms with Crippen LogP contribution in [0.3, 0.4) is 0 Å². The molecule has 1 N–H and O–H groups in total. The van der Waals surface area contributed by atoms with E-state index in [1.165, 1.54) is 22.8 Å². The maximum absolute atomic E-state index is 13.8. The number of carboxylic acid groups (broad SMARTS) is 1. The van der Waals surface area contributed by atoms with Crippen molar-refractivity contribution in [2.75, 3.05) is 13.1 Å². The van der Waals surface area contributed by atoms with Crippen molar-refractivity contribution in [3.63, 3.8) is 0 Å². The molecule has 7 nitrogen and oxygen atoms in total. The van der Waals surface area contributed by atoms with Crippen LogP contribution in [-0.2, 0) is 17.4 Å². The topological polar surface area (TPSA) is 88.3 Å². The van der Waals surface area contributed by atoms with E-state index < -0.39 is 23.4 Å². The molecule has 6 rings (SSSR count). The van der Waals surface area contributed by atoms with E-state index in [1.807, 2.05) is 4.90 Å². The number of aryl methyl sites for hydroxylation is 1. The van der Waals surface area contributed by atoms with Crippen molar-refractivity contribution in [1.29, 1.82) is 0 Å². The van der Waals surface area contributed by atoms with Gasteiger partial charge in [-0.3, -0.25) is 4.79 Å². The molecule has 0 unspecified atom stereocenters. The number of carboxylic acids is 1. The molecule has 10 heteroatoms. The Bertz CT molecular complexity index is 1530. The van der Waals surface area contributed by atoms with Gasteiger partial charge in [0.15, 0.2) is 11.5 Å². The summed E-state index contributed by atoms with van der Waals surface area (Å²) in [4.78, 5) is 30.4. The third-order valence-electron chi connectivity index (χ3n) is 9.01. The van der Waals surface area contributed by atoms with Crippen LogP contribution in [0.2, 0.25) is 0 Å². The van der Waals surface area contributed by atoms with Crippen molar-refractivity contribution < 1.29 is 27.9 Å². The van der Waals surface area contributed by atoms with Gasteiger partial charge >= 0.3 is 12.1 Å². The van der Waals surface area contributed by atoms with Crippen LogP contribution in [0.5, 0.6) is 0 Å². The molecule has 0 spiro atoms. The summed E-state index contributed by atoms with van der Waals surface area (Å²) >= 11 is 0. The standard InChI is InChI=1S/C33H35F3N4O3/c34-33(35,36)30-27(32(42)43)20-37-40(30)29-7-3-6-28(38-29)26-5-2-1-4-24(26)13-10-21-8-11-22(12-9-21)23-16-18-39(19-17-23)31(41)25-14-15-25/h3,6-9,11-12,20,23,25H,1-2,4-5,10,13-19H2,(H,42,43). The molecule has 3 aromatic rings. The van der Waals surface area contributed by atoms with E-state index in [2.05, 4.69) is 34.3 Å². The van der Waals surface area contributed by atoms with E-state index in [0.29, 0.717) is 22.2 Å². The molecule has 1 saturated carbocycles. The summed E-state index contributed by atoms with van der Waals surface area (Å²) in [5.74, 6) is -0.658. The summed E-state index contributed by atoms with van der Waals surface area (Å²) in [5.41, 5.74) is 3.22. The Hall–Kier alpha value is -3.95. The Kier molecular flexibility index (Phi) is 8.11. The third kappa shape index (κ3) is 6.38. The van der Waals surface area contributed by atoms with E-state index in [9.17, 15) is 27.9 Å². The number of rotatable bonds is 8. The van der Waals surface area contributed by atoms with Crippen molar-refractivity contribution in [2.24, 2.45) is 5.92 Å². The van der Waals surface area contributed by atoms with Gasteiger partial charge in [0.05, 0.1) is 11.9 Å². The number of carbonyl (C=O) groups is 2. The van der Waals surface area contributed by atoms with Gasteiger partial charge in [-0.1, -0.05) is 35.9 Å². The molecule has 0 atom stereocenters. The van der Waals surface area contributed by atoms with Crippen LogP contribution in [0.4, 0.5) is 13.2 Å². The number of allylic oxidation sites excluding steroid dienone is 2. The second-order valence-corrected chi connectivity index (χ2v) is 11.9. The Morgan fingerprint density at radius 2 is 1.65 bits per heavy atom. The number of amides is 1. The zero-order chi connectivity index (χ0) is 30.1. The summed E-state index contributed by atoms with van der Waals surface area (Å²) in [6.07, 6.45) is 5.33. The third-order valence-corrected chi connectivity index (χ3v) is 9.01. The molecule has 3 aliphatic rings. The summed E-state index contributed by atoms with van der Waals surface area (Å²) in [6, 6.07) is 13.7. The van der Waals surface area contributed by atoms with E-state index in [1.54, 1.807) is 12.1 Å². The van der Waals surface area contributed by atoms with Crippen LogP contribution in [0.1, 0.15) is 96.6 Å². The van der Waals surface area contributed by atoms with Crippen molar-refractivity contribution in [3.05, 3.63) is 82.3 Å². The molecule has 226 valence electrons. The minimum Gasteiger partial charge on any atom is -0.478 e. The van der Waals surface area contributed by atoms with Crippen LogP contribution in [0.25, 0.3) is 11.4 Å². The largest absolute Gasteiger partial charge is 0.478 e. The first-order chi connectivity index (χ1) is 20.7. The predicted molar refractivity (Wildman–Crippen MR) is 155 cm³/mol. The van der Waals surface area contributed by atoms with Gasteiger partial charge < -0.3 is 10.0 Å². The molecular weight excluding hydrogens is 557 g/mol. The lowest BCUT2D eigenvalue weighted by molar-refractivity contribution is -0.143. The predicted octanol–water partition coefficient (Wildman–Crippen LogP) is 7.06. The molecule has 0 bridgehead atoms. The average molecular weight is 593 g/mol. The number of piperidine rings is 1. The second-order valence-electron chi connectivity index (χ2n) is 11.9. The van der Waals surface area contributed by atoms with E-state index in [4.69, 9.17) is 0 Å². The van der Waals surface area contributed by atoms with Crippen molar-refractivity contribution in [1.82, 2.24) is 19.7 Å². The number of aromatic nitrogens is 3. The van der Waals surface area contributed by atoms with Gasteiger partial charge in [-0.2, -0.15) is 18.3 Å². The molecule has 2 aromatic heterocycles. The van der Waals surface area contributed by atoms with Crippen molar-refractivity contribution in [3.8, 4) is 5.82 Å². The molecule has 2 fully saturated rings. The number of hydrogen-bond donors (Lipinski definition) is 1. The highest BCUT2D eigenvalue weighted by Crippen LogP contribution is 2.37. The number of halogens is 3. The number of benzene rings is 1. The molecule has 1 aliphatic heterocycles. The second kappa shape index (κ2) is 12.0. The lowest BCUT2D eigenvalue weighted by atomic mass is 9.85. The minimum atomic E-state index is -4.90. The monoisotopic (exact) mass is 592 g/mol. The fourth-order valence-electron chi connectivity index (χ4n) is 6.49. The Balaban J connectivity index is 1.15. The lowest BCUT2D eigenvalue weighted by Gasteiger charge is -2.32. The van der Waals surface area contributed by atoms with Gasteiger partial charge in [0, 0.05) is 19.0 Å². The van der Waals surface area contributed by atoms with Gasteiger partial charge in [-0.05, 0) is 99.0 Å². The summed E-state index contributed by atoms with van der Waals surface area (Å²) < 4.78 is 42.0. The van der Waals surface area contributed by atoms with E-state index in [-0.39, 0.29) is 11.7 Å². The Labute approximate surface area is 248 Å². The zero-order valence-corrected chi connectivity index (χ0v) is 23.9. The first-order valence-electron chi connectivity index (χ1n) is 15.1. The van der Waals surface area contributed by atoms with Crippen LogP contribution in [-0.4, -0.2) is 49.7 Å². The highest BCUT2D eigenvalue weighted by Gasteiger charge is 2.41. The number of nitrogens with zero attached hydrogens (tertiary/aromatic N) is 4. The van der Waals surface area contributed by atoms with Gasteiger partial charge in [0.1, 0.15) is 5.56 Å². The first-order valence-corrected chi connectivity index (χ1v) is 15.1. The molecule has 2 aliphatic carbocycles. The number of likely N-dealkylation sites (tertiary alicyclic amines) is 1. The van der Waals surface area contributed by atoms with Crippen LogP contribution in [0.15, 0.2) is 54.2 Å². The molecule has 0 radical (unpaired) electrons. The van der Waals surface area contributed by atoms with Crippen molar-refractivity contribution in [2.45, 2.75) is 76.3 Å². The van der Waals surface area contributed by atoms with Crippen LogP contribution in [0, 0.1) is 5.92 Å². The highest BCUT2D eigenvalue weighted by atomic mass is 19.4. The molecule has 1 amide bonds. The number of aromatic carboxylic acids is 1. The summed E-state index contributed by atoms with van der Waals surface area (Å²) in [6.45, 7) is 1.68. The van der Waals surface area contributed by atoms with E-state index in [0.717, 1.165) is 89.1 Å². The van der Waals surface area contributed by atoms with Gasteiger partial charge in [0.2, 0.25) is 5.91 Å². The molecule has 3 heterocycles. The molecule has 43 heavy (non-hydrogen) atoms. The smallest absolute Gasteiger partial charge is 0.434 e. The SMILES string of the molecule is O=C(O)c1cnn(-c2cccc(C3=C(CCc4ccc(C5CCN(C(=O)C6CC6)CC5)cc4)CCCC3)n2)c1C(F)(F)F. The Morgan fingerprint density at radius 3 is 2.33 bits per heavy atom. The first kappa shape index (κ1) is 29.1. The summed E-state index contributed by atoms with van der Waals surface area (Å²) in [7, 11) is 0. The Morgan fingerprint density at radius 1 is 0.930 bits per heavy atom. The average Bonchev–Trinajstić information content (AvgIpc) is 3.76. The van der Waals surface area contributed by atoms with Gasteiger partial charge in [-0.15, -0.1) is 0 Å². The van der Waals surface area contributed by atoms with Gasteiger partial charge in [0.25, 0.3) is 0 Å². The lowest BCUT2D eigenvalue weighted by Crippen LogP contribution is -2.38. The van der Waals surface area contributed by atoms with Crippen molar-refractivity contribution >= 4 is 17.4 Å². The number of carbonyl (C=O) groups excluding carboxylic acids is 1. The number of alkyl halides is 3. The summed E-state index contributed by atoms with van der Waals surface area (Å²) in [5, 5.41) is 13.0. The minimum absolute atomic E-state index is 0.0620. The van der Waals surface area contributed by atoms with Gasteiger partial charge in [-0.25, -0.2) is 14.5 Å². The fraction of sp³-hybridized carbons (Fsp3) is 0.455. The normalized spacial score (nSPS) is 18.3. The van der Waals surface area contributed by atoms with E-state index >= 15 is 0 Å². The maximum Gasteiger partial charge on any atom is 0.434 e. The highest BCUT2D eigenvalue weighted by molar-refractivity contribution is 5.89. The quantitative estimate of drug-likeness (QED) is 0.303. The molecule has 1 aromatic carbocycles. The van der Waals surface area contributed by atoms with Crippen LogP contribution >= 0.6 is 0 Å². The zero-order valence-electron chi connectivity index (χ0n) is 23.9. The maximum atomic E-state index is 13.8. The molecule has 1 saturated heterocycles. The number of hydrogen-bond acceptors (Lipinski definition) is 4. The molecular formula is C33H35F3N4O3. The fourth-order valence-corrected chi connectivity index (χ4v) is 6.49. The van der Waals surface area contributed by atoms with Crippen LogP contribution < -0.4 is 0 Å². The number of pyridine rings is 1.